The predicted molar refractivity (Wildman–Crippen MR) is 91.4 cm³/mol. The molecule has 0 saturated carbocycles. The van der Waals surface area contributed by atoms with Crippen molar-refractivity contribution in [2.45, 2.75) is 32.6 Å². The number of anilines is 1. The summed E-state index contributed by atoms with van der Waals surface area (Å²) in [5, 5.41) is 11.9. The Balaban J connectivity index is 2.42. The van der Waals surface area contributed by atoms with Crippen LogP contribution in [0.5, 0.6) is 0 Å². The van der Waals surface area contributed by atoms with Crippen LogP contribution in [0.25, 0.3) is 11.1 Å². The number of aliphatic carboxylic acids is 1. The average molecular weight is 311 g/mol. The highest BCUT2D eigenvalue weighted by Gasteiger charge is 2.13. The summed E-state index contributed by atoms with van der Waals surface area (Å²) >= 11 is 0. The third kappa shape index (κ3) is 4.68. The third-order valence-corrected chi connectivity index (χ3v) is 3.59. The molecular weight excluding hydrogens is 290 g/mol. The van der Waals surface area contributed by atoms with E-state index in [9.17, 15) is 9.59 Å². The summed E-state index contributed by atoms with van der Waals surface area (Å²) in [5.41, 5.74) is 3.48. The Morgan fingerprint density at radius 2 is 1.74 bits per heavy atom. The number of carboxylic acid groups (broad SMARTS) is 1. The fraction of sp³-hybridized carbons (Fsp3) is 0.263. The number of aryl methyl sites for hydroxylation is 1. The molecule has 23 heavy (non-hydrogen) atoms. The van der Waals surface area contributed by atoms with Crippen LogP contribution in [0.1, 0.15) is 31.7 Å². The van der Waals surface area contributed by atoms with E-state index >= 15 is 0 Å². The Morgan fingerprint density at radius 1 is 1.00 bits per heavy atom. The van der Waals surface area contributed by atoms with Gasteiger partial charge >= 0.3 is 5.97 Å². The molecule has 0 aromatic heterocycles. The average Bonchev–Trinajstić information content (AvgIpc) is 2.54. The lowest BCUT2D eigenvalue weighted by atomic mass is 9.97. The number of hydrogen-bond acceptors (Lipinski definition) is 2. The summed E-state index contributed by atoms with van der Waals surface area (Å²) < 4.78 is 0. The standard InChI is InChI=1S/C19H21NO3/c1-2-7-17(21)20-19-15(12-13-18(22)23)10-6-11-16(19)14-8-4-3-5-9-14/h3-6,8-11H,2,7,12-13H2,1H3,(H,20,21)(H,22,23). The number of rotatable bonds is 7. The Kier molecular flexibility index (Phi) is 5.92. The van der Waals surface area contributed by atoms with Crippen LogP contribution in [-0.4, -0.2) is 17.0 Å². The lowest BCUT2D eigenvalue weighted by Gasteiger charge is -2.16. The second-order valence-electron chi connectivity index (χ2n) is 5.40. The van der Waals surface area contributed by atoms with E-state index in [-0.39, 0.29) is 12.3 Å². The molecule has 2 aromatic carbocycles. The van der Waals surface area contributed by atoms with Crippen molar-refractivity contribution < 1.29 is 14.7 Å². The molecule has 0 fully saturated rings. The van der Waals surface area contributed by atoms with Crippen molar-refractivity contribution >= 4 is 17.6 Å². The maximum absolute atomic E-state index is 12.1. The lowest BCUT2D eigenvalue weighted by molar-refractivity contribution is -0.136. The predicted octanol–water partition coefficient (Wildman–Crippen LogP) is 4.11. The van der Waals surface area contributed by atoms with Crippen molar-refractivity contribution in [1.29, 1.82) is 0 Å². The number of hydrogen-bond donors (Lipinski definition) is 2. The van der Waals surface area contributed by atoms with Crippen LogP contribution in [0.15, 0.2) is 48.5 Å². The minimum absolute atomic E-state index is 0.0366. The van der Waals surface area contributed by atoms with Crippen LogP contribution >= 0.6 is 0 Å². The van der Waals surface area contributed by atoms with Crippen molar-refractivity contribution in [3.63, 3.8) is 0 Å². The van der Waals surface area contributed by atoms with Gasteiger partial charge in [0.15, 0.2) is 0 Å². The Labute approximate surface area is 136 Å². The molecule has 2 rings (SSSR count). The number of para-hydroxylation sites is 1. The van der Waals surface area contributed by atoms with Gasteiger partial charge in [0.2, 0.25) is 5.91 Å². The van der Waals surface area contributed by atoms with E-state index in [1.54, 1.807) is 0 Å². The van der Waals surface area contributed by atoms with E-state index in [1.165, 1.54) is 0 Å². The number of amides is 1. The second-order valence-corrected chi connectivity index (χ2v) is 5.40. The molecule has 0 aliphatic rings. The molecule has 0 radical (unpaired) electrons. The summed E-state index contributed by atoms with van der Waals surface area (Å²) in [5.74, 6) is -0.895. The minimum Gasteiger partial charge on any atom is -0.481 e. The van der Waals surface area contributed by atoms with Crippen LogP contribution in [0, 0.1) is 0 Å². The summed E-state index contributed by atoms with van der Waals surface area (Å²) in [6.45, 7) is 1.95. The second kappa shape index (κ2) is 8.13. The van der Waals surface area contributed by atoms with Gasteiger partial charge in [-0.3, -0.25) is 9.59 Å². The molecule has 0 bridgehead atoms. The number of carbonyl (C=O) groups excluding carboxylic acids is 1. The van der Waals surface area contributed by atoms with E-state index in [1.807, 2.05) is 55.5 Å². The molecule has 120 valence electrons. The molecule has 4 heteroatoms. The van der Waals surface area contributed by atoms with Gasteiger partial charge in [0.25, 0.3) is 0 Å². The van der Waals surface area contributed by atoms with Gasteiger partial charge in [0, 0.05) is 18.4 Å². The van der Waals surface area contributed by atoms with E-state index in [4.69, 9.17) is 5.11 Å². The van der Waals surface area contributed by atoms with Gasteiger partial charge in [-0.2, -0.15) is 0 Å². The molecule has 2 aromatic rings. The quantitative estimate of drug-likeness (QED) is 0.808. The van der Waals surface area contributed by atoms with E-state index < -0.39 is 5.97 Å². The highest BCUT2D eigenvalue weighted by atomic mass is 16.4. The van der Waals surface area contributed by atoms with Gasteiger partial charge in [-0.1, -0.05) is 55.5 Å². The monoisotopic (exact) mass is 311 g/mol. The lowest BCUT2D eigenvalue weighted by Crippen LogP contribution is -2.13. The van der Waals surface area contributed by atoms with Crippen molar-refractivity contribution in [2.24, 2.45) is 0 Å². The smallest absolute Gasteiger partial charge is 0.303 e. The summed E-state index contributed by atoms with van der Waals surface area (Å²) in [4.78, 5) is 22.9. The van der Waals surface area contributed by atoms with Crippen molar-refractivity contribution in [1.82, 2.24) is 0 Å². The van der Waals surface area contributed by atoms with Gasteiger partial charge < -0.3 is 10.4 Å². The van der Waals surface area contributed by atoms with Gasteiger partial charge in [0.05, 0.1) is 5.69 Å². The first-order valence-electron chi connectivity index (χ1n) is 7.80. The SMILES string of the molecule is CCCC(=O)Nc1c(CCC(=O)O)cccc1-c1ccccc1. The van der Waals surface area contributed by atoms with E-state index in [0.717, 1.165) is 28.8 Å². The first kappa shape index (κ1) is 16.7. The van der Waals surface area contributed by atoms with Crippen molar-refractivity contribution in [2.75, 3.05) is 5.32 Å². The topological polar surface area (TPSA) is 66.4 Å². The Hall–Kier alpha value is -2.62. The molecule has 4 nitrogen and oxygen atoms in total. The summed E-state index contributed by atoms with van der Waals surface area (Å²) in [6, 6.07) is 15.5. The van der Waals surface area contributed by atoms with Crippen LogP contribution in [0.4, 0.5) is 5.69 Å². The van der Waals surface area contributed by atoms with Gasteiger partial charge in [0.1, 0.15) is 0 Å². The highest BCUT2D eigenvalue weighted by molar-refractivity contribution is 5.96. The van der Waals surface area contributed by atoms with E-state index in [2.05, 4.69) is 5.32 Å². The molecule has 0 atom stereocenters. The molecule has 0 heterocycles. The number of carbonyl (C=O) groups is 2. The maximum atomic E-state index is 12.1. The zero-order chi connectivity index (χ0) is 16.7. The molecule has 0 saturated heterocycles. The van der Waals surface area contributed by atoms with Crippen molar-refractivity contribution in [3.8, 4) is 11.1 Å². The van der Waals surface area contributed by atoms with Crippen LogP contribution in [0.3, 0.4) is 0 Å². The van der Waals surface area contributed by atoms with Gasteiger partial charge in [-0.15, -0.1) is 0 Å². The molecule has 2 N–H and O–H groups in total. The van der Waals surface area contributed by atoms with E-state index in [0.29, 0.717) is 12.8 Å². The summed E-state index contributed by atoms with van der Waals surface area (Å²) in [7, 11) is 0. The fourth-order valence-electron chi connectivity index (χ4n) is 2.48. The largest absolute Gasteiger partial charge is 0.481 e. The Morgan fingerprint density at radius 3 is 2.39 bits per heavy atom. The molecule has 0 aliphatic carbocycles. The number of carboxylic acids is 1. The third-order valence-electron chi connectivity index (χ3n) is 3.59. The normalized spacial score (nSPS) is 10.3. The van der Waals surface area contributed by atoms with Gasteiger partial charge in [-0.05, 0) is 24.0 Å². The van der Waals surface area contributed by atoms with Crippen LogP contribution < -0.4 is 5.32 Å². The maximum Gasteiger partial charge on any atom is 0.303 e. The summed E-state index contributed by atoms with van der Waals surface area (Å²) in [6.07, 6.45) is 1.64. The first-order valence-corrected chi connectivity index (χ1v) is 7.80. The Bertz CT molecular complexity index is 680. The van der Waals surface area contributed by atoms with Crippen molar-refractivity contribution in [3.05, 3.63) is 54.1 Å². The molecule has 0 aliphatic heterocycles. The zero-order valence-electron chi connectivity index (χ0n) is 13.2. The molecular formula is C19H21NO3. The first-order chi connectivity index (χ1) is 11.1. The number of nitrogens with one attached hydrogen (secondary N) is 1. The molecule has 0 spiro atoms. The van der Waals surface area contributed by atoms with Crippen LogP contribution in [0.2, 0.25) is 0 Å². The number of benzene rings is 2. The molecule has 0 unspecified atom stereocenters. The highest BCUT2D eigenvalue weighted by Crippen LogP contribution is 2.32. The zero-order valence-corrected chi connectivity index (χ0v) is 13.2. The van der Waals surface area contributed by atoms with Crippen LogP contribution in [-0.2, 0) is 16.0 Å². The fourth-order valence-corrected chi connectivity index (χ4v) is 2.48. The minimum atomic E-state index is -0.846. The molecule has 1 amide bonds. The van der Waals surface area contributed by atoms with Gasteiger partial charge in [-0.25, -0.2) is 0 Å².